The molecule has 0 spiro atoms. The van der Waals surface area contributed by atoms with Crippen LogP contribution >= 0.6 is 0 Å². The van der Waals surface area contributed by atoms with Crippen LogP contribution in [0.1, 0.15) is 67.2 Å². The van der Waals surface area contributed by atoms with Gasteiger partial charge < -0.3 is 10.5 Å². The molecule has 2 nitrogen and oxygen atoms in total. The molecular formula is C15H29NO. The van der Waals surface area contributed by atoms with Gasteiger partial charge in [-0.05, 0) is 52.4 Å². The Morgan fingerprint density at radius 1 is 1.00 bits per heavy atom. The van der Waals surface area contributed by atoms with Crippen LogP contribution in [0.2, 0.25) is 0 Å². The maximum Gasteiger partial charge on any atom is 0.0680 e. The predicted molar refractivity (Wildman–Crippen MR) is 71.9 cm³/mol. The van der Waals surface area contributed by atoms with Crippen molar-refractivity contribution >= 4 is 0 Å². The summed E-state index contributed by atoms with van der Waals surface area (Å²) in [5, 5.41) is 0. The monoisotopic (exact) mass is 239 g/mol. The Kier molecular flexibility index (Phi) is 2.73. The summed E-state index contributed by atoms with van der Waals surface area (Å²) in [6.45, 7) is 13.5. The van der Waals surface area contributed by atoms with Crippen molar-refractivity contribution in [1.82, 2.24) is 0 Å². The third kappa shape index (κ3) is 1.94. The Morgan fingerprint density at radius 3 is 1.94 bits per heavy atom. The van der Waals surface area contributed by atoms with Crippen molar-refractivity contribution in [2.75, 3.05) is 0 Å². The first-order chi connectivity index (χ1) is 7.50. The number of rotatable bonds is 1. The van der Waals surface area contributed by atoms with Crippen LogP contribution in [0.5, 0.6) is 0 Å². The molecule has 2 rings (SSSR count). The molecule has 0 bridgehead atoms. The van der Waals surface area contributed by atoms with E-state index in [-0.39, 0.29) is 22.2 Å². The van der Waals surface area contributed by atoms with Crippen LogP contribution in [0.25, 0.3) is 0 Å². The molecule has 0 amide bonds. The molecule has 0 aromatic rings. The van der Waals surface area contributed by atoms with Gasteiger partial charge >= 0.3 is 0 Å². The molecule has 0 aromatic carbocycles. The van der Waals surface area contributed by atoms with Crippen molar-refractivity contribution < 1.29 is 4.74 Å². The van der Waals surface area contributed by atoms with Crippen LogP contribution in [0, 0.1) is 11.3 Å². The number of hydrogen-bond donors (Lipinski definition) is 1. The van der Waals surface area contributed by atoms with Gasteiger partial charge in [0, 0.05) is 11.5 Å². The molecule has 17 heavy (non-hydrogen) atoms. The van der Waals surface area contributed by atoms with Gasteiger partial charge in [0.1, 0.15) is 0 Å². The van der Waals surface area contributed by atoms with Crippen molar-refractivity contribution in [2.24, 2.45) is 17.1 Å². The zero-order valence-electron chi connectivity index (χ0n) is 12.4. The van der Waals surface area contributed by atoms with Crippen molar-refractivity contribution in [3.8, 4) is 0 Å². The zero-order valence-corrected chi connectivity index (χ0v) is 12.4. The predicted octanol–water partition coefficient (Wildman–Crippen LogP) is 3.49. The summed E-state index contributed by atoms with van der Waals surface area (Å²) in [6.07, 6.45) is 4.74. The van der Waals surface area contributed by atoms with Gasteiger partial charge in [-0.3, -0.25) is 0 Å². The molecule has 100 valence electrons. The Hall–Kier alpha value is -0.0800. The molecule has 2 atom stereocenters. The summed E-state index contributed by atoms with van der Waals surface area (Å²) >= 11 is 0. The van der Waals surface area contributed by atoms with E-state index in [2.05, 4.69) is 41.5 Å². The Morgan fingerprint density at radius 2 is 1.59 bits per heavy atom. The molecule has 0 radical (unpaired) electrons. The van der Waals surface area contributed by atoms with Crippen LogP contribution < -0.4 is 5.73 Å². The summed E-state index contributed by atoms with van der Waals surface area (Å²) in [4.78, 5) is 0. The van der Waals surface area contributed by atoms with Gasteiger partial charge in [0.2, 0.25) is 0 Å². The van der Waals surface area contributed by atoms with E-state index >= 15 is 0 Å². The highest BCUT2D eigenvalue weighted by Crippen LogP contribution is 2.57. The van der Waals surface area contributed by atoms with Gasteiger partial charge in [-0.15, -0.1) is 0 Å². The molecule has 1 saturated carbocycles. The van der Waals surface area contributed by atoms with E-state index in [0.29, 0.717) is 5.92 Å². The maximum atomic E-state index is 6.86. The quantitative estimate of drug-likeness (QED) is 0.760. The molecule has 2 heteroatoms. The van der Waals surface area contributed by atoms with E-state index in [9.17, 15) is 0 Å². The highest BCUT2D eigenvalue weighted by Gasteiger charge is 2.60. The molecule has 2 aliphatic rings. The zero-order chi connectivity index (χ0) is 13.1. The minimum absolute atomic E-state index is 0.0286. The van der Waals surface area contributed by atoms with E-state index in [4.69, 9.17) is 10.5 Å². The minimum Gasteiger partial charge on any atom is -0.369 e. The fourth-order valence-corrected chi connectivity index (χ4v) is 4.40. The minimum atomic E-state index is -0.0974. The van der Waals surface area contributed by atoms with Crippen LogP contribution in [0.4, 0.5) is 0 Å². The smallest absolute Gasteiger partial charge is 0.0680 e. The van der Waals surface area contributed by atoms with Gasteiger partial charge in [-0.2, -0.15) is 0 Å². The van der Waals surface area contributed by atoms with Crippen molar-refractivity contribution in [1.29, 1.82) is 0 Å². The lowest BCUT2D eigenvalue weighted by molar-refractivity contribution is -0.0878. The third-order valence-electron chi connectivity index (χ3n) is 5.35. The fourth-order valence-electron chi connectivity index (χ4n) is 4.40. The van der Waals surface area contributed by atoms with Gasteiger partial charge in [0.05, 0.1) is 11.2 Å². The lowest BCUT2D eigenvalue weighted by atomic mass is 9.62. The second-order valence-corrected chi connectivity index (χ2v) is 8.00. The highest BCUT2D eigenvalue weighted by molar-refractivity contribution is 5.13. The molecular weight excluding hydrogens is 210 g/mol. The van der Waals surface area contributed by atoms with E-state index in [0.717, 1.165) is 12.8 Å². The standard InChI is InChI=1S/C15H29NO/c1-12(2)8-7-9-15(12,16)11-10-13(3,4)17-14(11,5)6/h11H,7-10,16H2,1-6H3. The summed E-state index contributed by atoms with van der Waals surface area (Å²) in [5.41, 5.74) is 6.90. The molecule has 2 unspecified atom stereocenters. The average molecular weight is 239 g/mol. The van der Waals surface area contributed by atoms with Gasteiger partial charge in [-0.1, -0.05) is 20.3 Å². The summed E-state index contributed by atoms with van der Waals surface area (Å²) in [6, 6.07) is 0. The topological polar surface area (TPSA) is 35.2 Å². The first-order valence-electron chi connectivity index (χ1n) is 6.99. The van der Waals surface area contributed by atoms with Crippen molar-refractivity contribution in [2.45, 2.75) is 84.0 Å². The SMILES string of the molecule is CC1(C)CC(C2(N)CCCC2(C)C)C(C)(C)O1. The molecule has 1 heterocycles. The normalized spacial score (nSPS) is 42.9. The second kappa shape index (κ2) is 3.48. The summed E-state index contributed by atoms with van der Waals surface area (Å²) in [5.74, 6) is 0.461. The molecule has 1 aliphatic heterocycles. The lowest BCUT2D eigenvalue weighted by Gasteiger charge is -2.47. The molecule has 2 fully saturated rings. The van der Waals surface area contributed by atoms with E-state index in [1.165, 1.54) is 12.8 Å². The van der Waals surface area contributed by atoms with Gasteiger partial charge in [0.25, 0.3) is 0 Å². The number of nitrogens with two attached hydrogens (primary N) is 1. The lowest BCUT2D eigenvalue weighted by Crippen LogP contribution is -2.59. The highest BCUT2D eigenvalue weighted by atomic mass is 16.5. The summed E-state index contributed by atoms with van der Waals surface area (Å²) in [7, 11) is 0. The van der Waals surface area contributed by atoms with Crippen LogP contribution in [0.15, 0.2) is 0 Å². The number of hydrogen-bond acceptors (Lipinski definition) is 2. The van der Waals surface area contributed by atoms with E-state index in [1.807, 2.05) is 0 Å². The van der Waals surface area contributed by atoms with Crippen LogP contribution in [-0.2, 0) is 4.74 Å². The Bertz CT molecular complexity index is 319. The second-order valence-electron chi connectivity index (χ2n) is 8.00. The van der Waals surface area contributed by atoms with Crippen molar-refractivity contribution in [3.63, 3.8) is 0 Å². The molecule has 0 aromatic heterocycles. The number of ether oxygens (including phenoxy) is 1. The van der Waals surface area contributed by atoms with E-state index < -0.39 is 0 Å². The largest absolute Gasteiger partial charge is 0.369 e. The van der Waals surface area contributed by atoms with Crippen LogP contribution in [0.3, 0.4) is 0 Å². The fraction of sp³-hybridized carbons (Fsp3) is 1.00. The molecule has 1 saturated heterocycles. The first-order valence-corrected chi connectivity index (χ1v) is 6.99. The average Bonchev–Trinajstić information content (AvgIpc) is 2.48. The summed E-state index contributed by atoms with van der Waals surface area (Å²) < 4.78 is 6.24. The molecule has 2 N–H and O–H groups in total. The molecule has 1 aliphatic carbocycles. The first kappa shape index (κ1) is 13.4. The maximum absolute atomic E-state index is 6.86. The van der Waals surface area contributed by atoms with Gasteiger partial charge in [0.15, 0.2) is 0 Å². The third-order valence-corrected chi connectivity index (χ3v) is 5.35. The van der Waals surface area contributed by atoms with Gasteiger partial charge in [-0.25, -0.2) is 0 Å². The van der Waals surface area contributed by atoms with E-state index in [1.54, 1.807) is 0 Å². The Labute approximate surface area is 106 Å². The van der Waals surface area contributed by atoms with Crippen molar-refractivity contribution in [3.05, 3.63) is 0 Å². The van der Waals surface area contributed by atoms with Crippen LogP contribution in [-0.4, -0.2) is 16.7 Å². The Balaban J connectivity index is 2.34.